The molecule has 0 aliphatic heterocycles. The van der Waals surface area contributed by atoms with Crippen molar-refractivity contribution in [3.63, 3.8) is 0 Å². The molecule has 6 rings (SSSR count). The predicted octanol–water partition coefficient (Wildman–Crippen LogP) is 7.27. The summed E-state index contributed by atoms with van der Waals surface area (Å²) < 4.78 is 2.33. The van der Waals surface area contributed by atoms with Crippen LogP contribution in [-0.4, -0.2) is 26.9 Å². The van der Waals surface area contributed by atoms with Crippen LogP contribution in [0.5, 0.6) is 0 Å². The normalized spacial score (nSPS) is 11.4. The molecule has 0 fully saturated rings. The van der Waals surface area contributed by atoms with E-state index < -0.39 is 9.52 Å². The quantitative estimate of drug-likeness (QED) is 0.115. The summed E-state index contributed by atoms with van der Waals surface area (Å²) in [6, 6.07) is 52.4. The zero-order valence-electron chi connectivity index (χ0n) is 26.1. The summed E-state index contributed by atoms with van der Waals surface area (Å²) in [7, 11) is 1.44. The molecule has 0 saturated heterocycles. The molecule has 0 aliphatic carbocycles. The van der Waals surface area contributed by atoms with E-state index >= 15 is 0 Å². The van der Waals surface area contributed by atoms with Gasteiger partial charge in [-0.1, -0.05) is 171 Å². The summed E-state index contributed by atoms with van der Waals surface area (Å²) in [5.74, 6) is 0.484. The molecule has 0 bridgehead atoms. The highest BCUT2D eigenvalue weighted by Crippen LogP contribution is 2.33. The molecule has 4 heteroatoms. The second kappa shape index (κ2) is 15.9. The summed E-state index contributed by atoms with van der Waals surface area (Å²) in [5, 5.41) is 1.28. The van der Waals surface area contributed by atoms with E-state index in [1.807, 2.05) is 12.5 Å². The average molecular weight is 591 g/mol. The first kappa shape index (κ1) is 31.0. The van der Waals surface area contributed by atoms with Crippen LogP contribution < -0.4 is 5.19 Å². The van der Waals surface area contributed by atoms with Crippen molar-refractivity contribution in [3.05, 3.63) is 192 Å². The average Bonchev–Trinajstić information content (AvgIpc) is 3.65. The monoisotopic (exact) mass is 590 g/mol. The van der Waals surface area contributed by atoms with Gasteiger partial charge in [0.2, 0.25) is 0 Å². The molecule has 220 valence electrons. The van der Waals surface area contributed by atoms with Gasteiger partial charge in [-0.2, -0.15) is 0 Å². The van der Waals surface area contributed by atoms with Crippen LogP contribution in [0.2, 0.25) is 0 Å². The van der Waals surface area contributed by atoms with Crippen molar-refractivity contribution in [1.82, 2.24) is 9.55 Å². The molecular formula is C40H43BN2Si. The van der Waals surface area contributed by atoms with Gasteiger partial charge in [-0.05, 0) is 46.5 Å². The van der Waals surface area contributed by atoms with Gasteiger partial charge in [0.1, 0.15) is 7.85 Å². The van der Waals surface area contributed by atoms with Crippen molar-refractivity contribution < 1.29 is 0 Å². The van der Waals surface area contributed by atoms with E-state index in [0.717, 1.165) is 0 Å². The number of hydrogen-bond acceptors (Lipinski definition) is 1. The van der Waals surface area contributed by atoms with Crippen LogP contribution in [-0.2, 0) is 11.6 Å². The number of benzene rings is 5. The summed E-state index contributed by atoms with van der Waals surface area (Å²) >= 11 is 0. The molecule has 0 N–H and O–H groups in total. The lowest BCUT2D eigenvalue weighted by atomic mass is 9.76. The molecule has 0 unspecified atom stereocenters. The van der Waals surface area contributed by atoms with E-state index in [1.54, 1.807) is 0 Å². The molecule has 0 radical (unpaired) electrons. The molecule has 0 atom stereocenters. The maximum atomic E-state index is 4.43. The summed E-state index contributed by atoms with van der Waals surface area (Å²) in [6.07, 6.45) is 11.0. The van der Waals surface area contributed by atoms with Crippen LogP contribution in [0, 0.1) is 0 Å². The minimum absolute atomic E-state index is 0.207. The maximum Gasteiger partial charge on any atom is 0.116 e. The van der Waals surface area contributed by atoms with Gasteiger partial charge in [0.15, 0.2) is 0 Å². The fourth-order valence-electron chi connectivity index (χ4n) is 6.12. The lowest BCUT2D eigenvalue weighted by molar-refractivity contribution is 0.596. The molecule has 5 aromatic carbocycles. The predicted molar refractivity (Wildman–Crippen MR) is 192 cm³/mol. The third-order valence-electron chi connectivity index (χ3n) is 8.57. The Kier molecular flexibility index (Phi) is 11.2. The summed E-state index contributed by atoms with van der Waals surface area (Å²) in [5.41, 5.74) is 6.88. The zero-order valence-corrected chi connectivity index (χ0v) is 27.5. The van der Waals surface area contributed by atoms with Crippen molar-refractivity contribution in [2.45, 2.75) is 43.6 Å². The number of unbranched alkanes of at least 4 members (excludes halogenated alkanes) is 2. The topological polar surface area (TPSA) is 17.8 Å². The minimum Gasteiger partial charge on any atom is -0.326 e. The Bertz CT molecular complexity index is 1560. The molecule has 0 spiro atoms. The summed E-state index contributed by atoms with van der Waals surface area (Å²) in [4.78, 5) is 4.43. The van der Waals surface area contributed by atoms with Crippen molar-refractivity contribution in [2.75, 3.05) is 0 Å². The van der Waals surface area contributed by atoms with E-state index in [1.165, 1.54) is 58.7 Å². The van der Waals surface area contributed by atoms with Crippen LogP contribution in [0.4, 0.5) is 0 Å². The second-order valence-electron chi connectivity index (χ2n) is 11.6. The van der Waals surface area contributed by atoms with Crippen LogP contribution >= 0.6 is 0 Å². The Morgan fingerprint density at radius 2 is 1.23 bits per heavy atom. The Morgan fingerprint density at radius 3 is 1.73 bits per heavy atom. The highest BCUT2D eigenvalue weighted by Gasteiger charge is 2.36. The van der Waals surface area contributed by atoms with Crippen LogP contribution in [0.1, 0.15) is 59.8 Å². The fourth-order valence-corrected chi connectivity index (χ4v) is 8.58. The van der Waals surface area contributed by atoms with Gasteiger partial charge in [-0.3, -0.25) is 0 Å². The van der Waals surface area contributed by atoms with Crippen LogP contribution in [0.3, 0.4) is 0 Å². The Morgan fingerprint density at radius 1 is 0.682 bits per heavy atom. The molecule has 44 heavy (non-hydrogen) atoms. The highest BCUT2D eigenvalue weighted by atomic mass is 28.2. The lowest BCUT2D eigenvalue weighted by Crippen LogP contribution is -2.46. The number of aryl methyl sites for hydroxylation is 1. The van der Waals surface area contributed by atoms with Crippen LogP contribution in [0.25, 0.3) is 0 Å². The lowest BCUT2D eigenvalue weighted by Gasteiger charge is -2.37. The van der Waals surface area contributed by atoms with Gasteiger partial charge >= 0.3 is 0 Å². The van der Waals surface area contributed by atoms with Gasteiger partial charge in [-0.15, -0.1) is 0 Å². The fraction of sp³-hybridized carbons (Fsp3) is 0.175. The van der Waals surface area contributed by atoms with Crippen molar-refractivity contribution in [1.29, 1.82) is 0 Å². The smallest absolute Gasteiger partial charge is 0.116 e. The molecule has 0 amide bonds. The van der Waals surface area contributed by atoms with Gasteiger partial charge < -0.3 is 4.57 Å². The summed E-state index contributed by atoms with van der Waals surface area (Å²) in [6.45, 7) is 2.27. The Labute approximate surface area is 267 Å². The van der Waals surface area contributed by atoms with E-state index in [4.69, 9.17) is 0 Å². The minimum atomic E-state index is -0.797. The van der Waals surface area contributed by atoms with Crippen molar-refractivity contribution in [3.8, 4) is 0 Å². The first-order chi connectivity index (χ1) is 21.7. The zero-order chi connectivity index (χ0) is 30.5. The highest BCUT2D eigenvalue weighted by molar-refractivity contribution is 6.57. The molecule has 2 nitrogen and oxygen atoms in total. The van der Waals surface area contributed by atoms with Crippen molar-refractivity contribution >= 4 is 22.6 Å². The molecular weight excluding hydrogens is 547 g/mol. The number of rotatable bonds is 11. The Balaban J connectivity index is 0.000000229. The number of aromatic nitrogens is 2. The third-order valence-corrected chi connectivity index (χ3v) is 11.1. The van der Waals surface area contributed by atoms with E-state index in [-0.39, 0.29) is 5.16 Å². The van der Waals surface area contributed by atoms with Gasteiger partial charge in [0.05, 0.1) is 21.0 Å². The number of hydrogen-bond donors (Lipinski definition) is 0. The molecule has 1 heterocycles. The SMILES string of the molecule is BC(c1ccccc1)c1ccccc1.CCCCCc1cccc([SiH2]C(c2ccccc2)(c2ccccc2)n2ccnc2)c1. The first-order valence-corrected chi connectivity index (χ1v) is 17.4. The third kappa shape index (κ3) is 7.75. The first-order valence-electron chi connectivity index (χ1n) is 16.0. The number of imidazole rings is 1. The van der Waals surface area contributed by atoms with Gasteiger partial charge in [0, 0.05) is 12.4 Å². The standard InChI is InChI=1S/C27H30N2Si.C13H13B/c1-2-3-6-12-23-13-11-18-26(21-23)30-27(29-20-19-28-22-29,24-14-7-4-8-15-24)25-16-9-5-10-17-25;14-13(11-7-3-1-4-8-11)12-9-5-2-6-10-12/h4-5,7-11,13-22H,2-3,6,12,30H2,1H3;1-10,13H,14H2. The Hall–Kier alpha value is -4.41. The molecule has 6 aromatic rings. The molecule has 0 aliphatic rings. The largest absolute Gasteiger partial charge is 0.326 e. The number of nitrogens with zero attached hydrogens (tertiary/aromatic N) is 2. The van der Waals surface area contributed by atoms with E-state index in [2.05, 4.69) is 176 Å². The van der Waals surface area contributed by atoms with Gasteiger partial charge in [0.25, 0.3) is 0 Å². The van der Waals surface area contributed by atoms with Crippen LogP contribution in [0.15, 0.2) is 164 Å². The van der Waals surface area contributed by atoms with Gasteiger partial charge in [-0.25, -0.2) is 4.98 Å². The van der Waals surface area contributed by atoms with E-state index in [9.17, 15) is 0 Å². The second-order valence-corrected chi connectivity index (χ2v) is 13.8. The molecule has 0 saturated carbocycles. The van der Waals surface area contributed by atoms with E-state index in [0.29, 0.717) is 5.82 Å². The maximum absolute atomic E-state index is 4.43. The van der Waals surface area contributed by atoms with Crippen molar-refractivity contribution in [2.24, 2.45) is 0 Å². The molecule has 1 aromatic heterocycles.